The van der Waals surface area contributed by atoms with Crippen molar-refractivity contribution in [2.75, 3.05) is 18.0 Å². The van der Waals surface area contributed by atoms with E-state index in [1.165, 1.54) is 17.4 Å². The van der Waals surface area contributed by atoms with E-state index < -0.39 is 11.4 Å². The Hall–Kier alpha value is -3.67. The van der Waals surface area contributed by atoms with E-state index in [1.807, 2.05) is 24.0 Å². The molecule has 1 aliphatic heterocycles. The largest absolute Gasteiger partial charge is 0.364 e. The minimum absolute atomic E-state index is 0.0408. The number of benzene rings is 2. The number of rotatable bonds is 4. The van der Waals surface area contributed by atoms with E-state index in [2.05, 4.69) is 25.1 Å². The van der Waals surface area contributed by atoms with Crippen molar-refractivity contribution in [1.29, 1.82) is 0 Å². The number of halogens is 2. The number of amides is 1. The molecule has 0 unspecified atom stereocenters. The third-order valence-corrected chi connectivity index (χ3v) is 8.37. The average Bonchev–Trinajstić information content (AvgIpc) is 3.48. The fourth-order valence-electron chi connectivity index (χ4n) is 4.93. The summed E-state index contributed by atoms with van der Waals surface area (Å²) in [6.07, 6.45) is 0.966. The maximum Gasteiger partial charge on any atom is 0.268 e. The van der Waals surface area contributed by atoms with Crippen molar-refractivity contribution >= 4 is 56.0 Å². The maximum absolute atomic E-state index is 14.4. The minimum atomic E-state index is -0.803. The molecule has 0 spiro atoms. The van der Waals surface area contributed by atoms with E-state index in [9.17, 15) is 9.18 Å². The molecule has 37 heavy (non-hydrogen) atoms. The number of piperidine rings is 1. The highest BCUT2D eigenvalue weighted by Crippen LogP contribution is 2.40. The van der Waals surface area contributed by atoms with E-state index in [0.717, 1.165) is 15.2 Å². The Labute approximate surface area is 219 Å². The Morgan fingerprint density at radius 2 is 1.92 bits per heavy atom. The van der Waals surface area contributed by atoms with Crippen LogP contribution < -0.4 is 16.4 Å². The Morgan fingerprint density at radius 1 is 1.16 bits per heavy atom. The van der Waals surface area contributed by atoms with Gasteiger partial charge in [-0.05, 0) is 38.0 Å². The normalized spacial score (nSPS) is 15.5. The predicted octanol–water partition coefficient (Wildman–Crippen LogP) is 4.28. The first-order valence-electron chi connectivity index (χ1n) is 11.7. The lowest BCUT2D eigenvalue weighted by molar-refractivity contribution is 0.0997. The van der Waals surface area contributed by atoms with Crippen molar-refractivity contribution in [2.24, 2.45) is 11.5 Å². The standard InChI is InChI=1S/C25H22ClFN8OS/c1-12-30-16-7-6-13(18(26)21(16)37-12)19-17-20(22(28)36)31-24(32-23(17)34-33-19)35-10-8-25(29,9-11-35)14-4-2-3-5-15(14)27/h2-7H,8-11,29H2,1H3,(H2,28,36)(H,31,32,33,34). The molecule has 0 atom stereocenters. The summed E-state index contributed by atoms with van der Waals surface area (Å²) in [5, 5.41) is 9.11. The number of hydrogen-bond donors (Lipinski definition) is 3. The van der Waals surface area contributed by atoms with Gasteiger partial charge in [0.15, 0.2) is 5.65 Å². The molecule has 1 fully saturated rings. The minimum Gasteiger partial charge on any atom is -0.364 e. The average molecular weight is 537 g/mol. The summed E-state index contributed by atoms with van der Waals surface area (Å²) in [5.74, 6) is -0.713. The number of primary amides is 1. The zero-order valence-corrected chi connectivity index (χ0v) is 21.3. The topological polar surface area (TPSA) is 140 Å². The number of carbonyl (C=O) groups excluding carboxylic acids is 1. The van der Waals surface area contributed by atoms with Crippen LogP contribution in [0.25, 0.3) is 32.5 Å². The first-order chi connectivity index (χ1) is 17.7. The number of H-pyrrole nitrogens is 1. The van der Waals surface area contributed by atoms with Gasteiger partial charge in [-0.15, -0.1) is 11.3 Å². The van der Waals surface area contributed by atoms with Crippen molar-refractivity contribution in [3.63, 3.8) is 0 Å². The van der Waals surface area contributed by atoms with Crippen LogP contribution in [-0.2, 0) is 5.54 Å². The van der Waals surface area contributed by atoms with Gasteiger partial charge in [-0.2, -0.15) is 10.1 Å². The molecule has 12 heteroatoms. The van der Waals surface area contributed by atoms with Crippen molar-refractivity contribution in [3.8, 4) is 11.3 Å². The molecule has 0 saturated carbocycles. The number of nitrogens with one attached hydrogen (secondary N) is 1. The molecule has 1 amide bonds. The van der Waals surface area contributed by atoms with Crippen LogP contribution in [0.4, 0.5) is 10.3 Å². The van der Waals surface area contributed by atoms with Gasteiger partial charge >= 0.3 is 0 Å². The van der Waals surface area contributed by atoms with Crippen molar-refractivity contribution in [1.82, 2.24) is 25.1 Å². The van der Waals surface area contributed by atoms with Gasteiger partial charge in [0, 0.05) is 29.8 Å². The number of nitrogens with zero attached hydrogens (tertiary/aromatic N) is 5. The highest BCUT2D eigenvalue weighted by molar-refractivity contribution is 7.19. The Bertz CT molecular complexity index is 1690. The number of fused-ring (bicyclic) bond motifs is 2. The Balaban J connectivity index is 1.38. The summed E-state index contributed by atoms with van der Waals surface area (Å²) in [6, 6.07) is 10.3. The number of nitrogens with two attached hydrogens (primary N) is 2. The molecular weight excluding hydrogens is 515 g/mol. The van der Waals surface area contributed by atoms with Gasteiger partial charge < -0.3 is 16.4 Å². The van der Waals surface area contributed by atoms with Crippen LogP contribution in [0, 0.1) is 12.7 Å². The monoisotopic (exact) mass is 536 g/mol. The lowest BCUT2D eigenvalue weighted by Gasteiger charge is -2.39. The number of aromatic nitrogens is 5. The lowest BCUT2D eigenvalue weighted by Crippen LogP contribution is -2.49. The third-order valence-electron chi connectivity index (χ3n) is 6.86. The molecule has 3 aromatic heterocycles. The van der Waals surface area contributed by atoms with Gasteiger partial charge in [-0.1, -0.05) is 29.8 Å². The number of thiazole rings is 1. The number of anilines is 1. The summed E-state index contributed by atoms with van der Waals surface area (Å²) >= 11 is 8.22. The van der Waals surface area contributed by atoms with E-state index in [4.69, 9.17) is 23.1 Å². The van der Waals surface area contributed by atoms with Crippen LogP contribution >= 0.6 is 22.9 Å². The second kappa shape index (κ2) is 8.72. The van der Waals surface area contributed by atoms with E-state index in [-0.39, 0.29) is 11.5 Å². The van der Waals surface area contributed by atoms with Gasteiger partial charge in [0.25, 0.3) is 5.91 Å². The molecule has 0 bridgehead atoms. The zero-order valence-electron chi connectivity index (χ0n) is 19.8. The summed E-state index contributed by atoms with van der Waals surface area (Å²) < 4.78 is 15.3. The number of carbonyl (C=O) groups is 1. The number of hydrogen-bond acceptors (Lipinski definition) is 8. The van der Waals surface area contributed by atoms with Gasteiger partial charge in [-0.3, -0.25) is 9.89 Å². The molecule has 0 aliphatic carbocycles. The van der Waals surface area contributed by atoms with Crippen LogP contribution in [0.2, 0.25) is 5.02 Å². The Kier molecular flexibility index (Phi) is 5.59. The van der Waals surface area contributed by atoms with E-state index in [0.29, 0.717) is 64.8 Å². The van der Waals surface area contributed by atoms with Crippen LogP contribution in [0.15, 0.2) is 36.4 Å². The molecule has 0 radical (unpaired) electrons. The maximum atomic E-state index is 14.4. The van der Waals surface area contributed by atoms with Crippen LogP contribution in [0.5, 0.6) is 0 Å². The first-order valence-corrected chi connectivity index (χ1v) is 12.9. The summed E-state index contributed by atoms with van der Waals surface area (Å²) in [5.41, 5.74) is 14.3. The highest BCUT2D eigenvalue weighted by atomic mass is 35.5. The van der Waals surface area contributed by atoms with E-state index in [1.54, 1.807) is 18.2 Å². The van der Waals surface area contributed by atoms with Crippen LogP contribution in [0.3, 0.4) is 0 Å². The first kappa shape index (κ1) is 23.7. The number of aromatic amines is 1. The fourth-order valence-corrected chi connectivity index (χ4v) is 6.16. The molecular formula is C25H22ClFN8OS. The molecule has 6 rings (SSSR count). The smallest absolute Gasteiger partial charge is 0.268 e. The van der Waals surface area contributed by atoms with Crippen LogP contribution in [-0.4, -0.2) is 44.1 Å². The third kappa shape index (κ3) is 3.90. The summed E-state index contributed by atoms with van der Waals surface area (Å²) in [7, 11) is 0. The molecule has 9 nitrogen and oxygen atoms in total. The van der Waals surface area contributed by atoms with Crippen molar-refractivity contribution in [3.05, 3.63) is 63.5 Å². The van der Waals surface area contributed by atoms with Gasteiger partial charge in [0.2, 0.25) is 5.95 Å². The quantitative estimate of drug-likeness (QED) is 0.311. The molecule has 1 saturated heterocycles. The van der Waals surface area contributed by atoms with Gasteiger partial charge in [0.05, 0.1) is 31.3 Å². The Morgan fingerprint density at radius 3 is 2.65 bits per heavy atom. The number of aryl methyl sites for hydroxylation is 1. The second-order valence-corrected chi connectivity index (χ2v) is 10.7. The van der Waals surface area contributed by atoms with Gasteiger partial charge in [-0.25, -0.2) is 14.4 Å². The molecule has 1 aliphatic rings. The molecule has 188 valence electrons. The zero-order chi connectivity index (χ0) is 25.9. The lowest BCUT2D eigenvalue weighted by atomic mass is 9.81. The highest BCUT2D eigenvalue weighted by Gasteiger charge is 2.35. The molecule has 5 aromatic rings. The predicted molar refractivity (Wildman–Crippen MR) is 142 cm³/mol. The van der Waals surface area contributed by atoms with E-state index >= 15 is 0 Å². The van der Waals surface area contributed by atoms with Gasteiger partial charge in [0.1, 0.15) is 11.5 Å². The summed E-state index contributed by atoms with van der Waals surface area (Å²) in [6.45, 7) is 2.86. The van der Waals surface area contributed by atoms with Crippen molar-refractivity contribution < 1.29 is 9.18 Å². The fraction of sp³-hybridized carbons (Fsp3) is 0.240. The molecule has 4 heterocycles. The molecule has 2 aromatic carbocycles. The second-order valence-electron chi connectivity index (χ2n) is 9.16. The summed E-state index contributed by atoms with van der Waals surface area (Å²) in [4.78, 5) is 28.1. The van der Waals surface area contributed by atoms with Crippen molar-refractivity contribution in [2.45, 2.75) is 25.3 Å². The SMILES string of the molecule is Cc1nc2ccc(-c3[nH]nc4nc(N5CCC(N)(c6ccccc6F)CC5)nc(C(N)=O)c34)c(Cl)c2s1. The molecule has 5 N–H and O–H groups in total. The van der Waals surface area contributed by atoms with Crippen LogP contribution in [0.1, 0.15) is 33.9 Å².